The fraction of sp³-hybridized carbons (Fsp3) is 0.778. The number of rotatable bonds is 3. The van der Waals surface area contributed by atoms with Gasteiger partial charge in [-0.1, -0.05) is 0 Å². The lowest BCUT2D eigenvalue weighted by Gasteiger charge is -2.07. The van der Waals surface area contributed by atoms with Crippen LogP contribution in [0.2, 0.25) is 0 Å². The maximum atomic E-state index is 4.52. The molecular weight excluding hydrogens is 214 g/mol. The molecule has 0 aromatic carbocycles. The van der Waals surface area contributed by atoms with Crippen LogP contribution in [0.25, 0.3) is 0 Å². The van der Waals surface area contributed by atoms with Crippen LogP contribution in [-0.2, 0) is 0 Å². The smallest absolute Gasteiger partial charge is 0.202 e. The van der Waals surface area contributed by atoms with E-state index in [1.165, 1.54) is 42.3 Å². The fourth-order valence-corrected chi connectivity index (χ4v) is 3.50. The predicted molar refractivity (Wildman–Crippen MR) is 61.2 cm³/mol. The third kappa shape index (κ3) is 1.88. The molecule has 1 saturated heterocycles. The standard InChI is InChI=1S/C9H13N3S2/c1-2-6(1)8-11-9(14-12-8)10-7-3-4-13-5-7/h6-7H,1-5H2,(H,10,11,12). The van der Waals surface area contributed by atoms with Gasteiger partial charge in [0, 0.05) is 29.2 Å². The molecule has 1 aliphatic heterocycles. The minimum absolute atomic E-state index is 0.625. The van der Waals surface area contributed by atoms with E-state index in [2.05, 4.69) is 14.7 Å². The molecule has 1 N–H and O–H groups in total. The summed E-state index contributed by atoms with van der Waals surface area (Å²) < 4.78 is 4.38. The normalized spacial score (nSPS) is 26.7. The topological polar surface area (TPSA) is 37.8 Å². The quantitative estimate of drug-likeness (QED) is 0.860. The van der Waals surface area contributed by atoms with Gasteiger partial charge in [0.15, 0.2) is 0 Å². The largest absolute Gasteiger partial charge is 0.357 e. The number of aromatic nitrogens is 2. The average molecular weight is 227 g/mol. The van der Waals surface area contributed by atoms with E-state index < -0.39 is 0 Å². The van der Waals surface area contributed by atoms with Crippen molar-refractivity contribution in [3.63, 3.8) is 0 Å². The van der Waals surface area contributed by atoms with Crippen LogP contribution in [0.4, 0.5) is 5.13 Å². The minimum Gasteiger partial charge on any atom is -0.357 e. The zero-order valence-electron chi connectivity index (χ0n) is 7.90. The van der Waals surface area contributed by atoms with Gasteiger partial charge in [0.2, 0.25) is 5.13 Å². The molecule has 0 bridgehead atoms. The molecule has 14 heavy (non-hydrogen) atoms. The highest BCUT2D eigenvalue weighted by atomic mass is 32.2. The summed E-state index contributed by atoms with van der Waals surface area (Å²) in [5, 5.41) is 4.50. The Morgan fingerprint density at radius 2 is 2.21 bits per heavy atom. The fourth-order valence-electron chi connectivity index (χ4n) is 1.62. The molecule has 5 heteroatoms. The zero-order valence-corrected chi connectivity index (χ0v) is 9.53. The van der Waals surface area contributed by atoms with Crippen molar-refractivity contribution in [3.8, 4) is 0 Å². The molecule has 1 aromatic heterocycles. The minimum atomic E-state index is 0.625. The van der Waals surface area contributed by atoms with Crippen LogP contribution in [0.3, 0.4) is 0 Å². The van der Waals surface area contributed by atoms with E-state index in [9.17, 15) is 0 Å². The molecule has 2 fully saturated rings. The van der Waals surface area contributed by atoms with Crippen molar-refractivity contribution in [2.24, 2.45) is 0 Å². The lowest BCUT2D eigenvalue weighted by molar-refractivity contribution is 0.809. The Bertz CT molecular complexity index is 316. The van der Waals surface area contributed by atoms with Crippen LogP contribution >= 0.6 is 23.3 Å². The van der Waals surface area contributed by atoms with Gasteiger partial charge in [-0.25, -0.2) is 4.98 Å². The number of anilines is 1. The van der Waals surface area contributed by atoms with Crippen LogP contribution in [0.5, 0.6) is 0 Å². The van der Waals surface area contributed by atoms with Gasteiger partial charge in [-0.2, -0.15) is 16.1 Å². The zero-order chi connectivity index (χ0) is 9.38. The Kier molecular flexibility index (Phi) is 2.37. The first kappa shape index (κ1) is 8.97. The summed E-state index contributed by atoms with van der Waals surface area (Å²) >= 11 is 3.54. The van der Waals surface area contributed by atoms with Crippen molar-refractivity contribution in [1.82, 2.24) is 9.36 Å². The van der Waals surface area contributed by atoms with Crippen molar-refractivity contribution in [1.29, 1.82) is 0 Å². The SMILES string of the molecule is C1CC(Nc2nc(C3CC3)ns2)CS1. The van der Waals surface area contributed by atoms with E-state index in [0.29, 0.717) is 12.0 Å². The predicted octanol–water partition coefficient (Wildman–Crippen LogP) is 2.33. The van der Waals surface area contributed by atoms with Crippen molar-refractivity contribution >= 4 is 28.4 Å². The summed E-state index contributed by atoms with van der Waals surface area (Å²) in [6.45, 7) is 0. The lowest BCUT2D eigenvalue weighted by atomic mass is 10.3. The second-order valence-corrected chi connectivity index (χ2v) is 5.84. The Morgan fingerprint density at radius 3 is 2.93 bits per heavy atom. The molecule has 2 heterocycles. The maximum Gasteiger partial charge on any atom is 0.202 e. The Hall–Kier alpha value is -0.290. The van der Waals surface area contributed by atoms with Gasteiger partial charge in [-0.05, 0) is 25.0 Å². The average Bonchev–Trinajstić information content (AvgIpc) is 2.75. The van der Waals surface area contributed by atoms with E-state index >= 15 is 0 Å². The van der Waals surface area contributed by atoms with Gasteiger partial charge in [0.25, 0.3) is 0 Å². The van der Waals surface area contributed by atoms with Crippen molar-refractivity contribution in [2.45, 2.75) is 31.2 Å². The highest BCUT2D eigenvalue weighted by Crippen LogP contribution is 2.39. The van der Waals surface area contributed by atoms with Crippen molar-refractivity contribution in [3.05, 3.63) is 5.82 Å². The van der Waals surface area contributed by atoms with Crippen molar-refractivity contribution < 1.29 is 0 Å². The molecule has 0 amide bonds. The Labute approximate surface area is 91.9 Å². The van der Waals surface area contributed by atoms with Crippen LogP contribution < -0.4 is 5.32 Å². The molecule has 1 aliphatic carbocycles. The molecule has 0 spiro atoms. The maximum absolute atomic E-state index is 4.52. The number of nitrogens with one attached hydrogen (secondary N) is 1. The molecule has 3 nitrogen and oxygen atoms in total. The Morgan fingerprint density at radius 1 is 1.29 bits per heavy atom. The van der Waals surface area contributed by atoms with Gasteiger partial charge < -0.3 is 5.32 Å². The number of thioether (sulfide) groups is 1. The van der Waals surface area contributed by atoms with E-state index in [0.717, 1.165) is 11.0 Å². The van der Waals surface area contributed by atoms with Crippen LogP contribution in [0, 0.1) is 0 Å². The van der Waals surface area contributed by atoms with Crippen LogP contribution in [-0.4, -0.2) is 26.9 Å². The molecule has 3 rings (SSSR count). The number of nitrogens with zero attached hydrogens (tertiary/aromatic N) is 2. The second kappa shape index (κ2) is 3.70. The third-order valence-corrected chi connectivity index (χ3v) is 4.46. The van der Waals surface area contributed by atoms with Gasteiger partial charge in [-0.15, -0.1) is 0 Å². The first-order chi connectivity index (χ1) is 6.92. The summed E-state index contributed by atoms with van der Waals surface area (Å²) in [5.41, 5.74) is 0. The van der Waals surface area contributed by atoms with E-state index in [1.54, 1.807) is 0 Å². The summed E-state index contributed by atoms with van der Waals surface area (Å²) in [6, 6.07) is 0.625. The summed E-state index contributed by atoms with van der Waals surface area (Å²) in [7, 11) is 0. The molecule has 1 atom stereocenters. The first-order valence-electron chi connectivity index (χ1n) is 5.10. The molecule has 2 aliphatic rings. The monoisotopic (exact) mass is 227 g/mol. The van der Waals surface area contributed by atoms with Gasteiger partial charge in [0.1, 0.15) is 5.82 Å². The lowest BCUT2D eigenvalue weighted by Crippen LogP contribution is -2.17. The second-order valence-electron chi connectivity index (χ2n) is 3.94. The summed E-state index contributed by atoms with van der Waals surface area (Å²) in [5.74, 6) is 4.26. The van der Waals surface area contributed by atoms with Gasteiger partial charge >= 0.3 is 0 Å². The van der Waals surface area contributed by atoms with Crippen LogP contribution in [0.15, 0.2) is 0 Å². The third-order valence-electron chi connectivity index (χ3n) is 2.64. The van der Waals surface area contributed by atoms with Crippen molar-refractivity contribution in [2.75, 3.05) is 16.8 Å². The van der Waals surface area contributed by atoms with Crippen LogP contribution in [0.1, 0.15) is 31.0 Å². The number of hydrogen-bond acceptors (Lipinski definition) is 5. The molecule has 0 radical (unpaired) electrons. The highest BCUT2D eigenvalue weighted by molar-refractivity contribution is 7.99. The number of hydrogen-bond donors (Lipinski definition) is 1. The van der Waals surface area contributed by atoms with E-state index in [4.69, 9.17) is 0 Å². The molecule has 1 unspecified atom stereocenters. The first-order valence-corrected chi connectivity index (χ1v) is 7.02. The Balaban J connectivity index is 1.64. The molecular formula is C9H13N3S2. The highest BCUT2D eigenvalue weighted by Gasteiger charge is 2.28. The van der Waals surface area contributed by atoms with E-state index in [1.807, 2.05) is 11.8 Å². The molecule has 1 saturated carbocycles. The summed E-state index contributed by atoms with van der Waals surface area (Å²) in [4.78, 5) is 4.52. The van der Waals surface area contributed by atoms with E-state index in [-0.39, 0.29) is 0 Å². The molecule has 76 valence electrons. The summed E-state index contributed by atoms with van der Waals surface area (Å²) in [6.07, 6.45) is 3.84. The van der Waals surface area contributed by atoms with Gasteiger partial charge in [-0.3, -0.25) is 0 Å². The van der Waals surface area contributed by atoms with Gasteiger partial charge in [0.05, 0.1) is 0 Å². The molecule has 1 aromatic rings.